The van der Waals surface area contributed by atoms with Crippen LogP contribution in [0, 0.1) is 6.92 Å². The molecule has 8 nitrogen and oxygen atoms in total. The summed E-state index contributed by atoms with van der Waals surface area (Å²) in [7, 11) is 0. The highest BCUT2D eigenvalue weighted by atomic mass is 16.4. The van der Waals surface area contributed by atoms with Gasteiger partial charge in [-0.2, -0.15) is 0 Å². The van der Waals surface area contributed by atoms with Crippen molar-refractivity contribution in [1.29, 1.82) is 0 Å². The van der Waals surface area contributed by atoms with Gasteiger partial charge in [-0.05, 0) is 82.3 Å². The van der Waals surface area contributed by atoms with E-state index in [4.69, 9.17) is 0 Å². The van der Waals surface area contributed by atoms with Crippen molar-refractivity contribution in [2.75, 3.05) is 18.0 Å². The summed E-state index contributed by atoms with van der Waals surface area (Å²) in [6.07, 6.45) is 4.80. The van der Waals surface area contributed by atoms with Crippen molar-refractivity contribution in [2.24, 2.45) is 0 Å². The number of phenolic OH excluding ortho intramolecular Hbond substituents is 2. The number of allylic oxidation sites excluding steroid dienone is 5. The first-order valence-electron chi connectivity index (χ1n) is 11.0. The molecule has 8 heteroatoms. The highest BCUT2D eigenvalue weighted by Crippen LogP contribution is 2.51. The van der Waals surface area contributed by atoms with Crippen LogP contribution in [0.1, 0.15) is 36.1 Å². The quantitative estimate of drug-likeness (QED) is 0.498. The molecule has 0 spiro atoms. The molecule has 0 aliphatic heterocycles. The summed E-state index contributed by atoms with van der Waals surface area (Å²) in [6.45, 7) is 4.54. The number of ketones is 1. The van der Waals surface area contributed by atoms with Crippen molar-refractivity contribution in [1.82, 2.24) is 0 Å². The fourth-order valence-corrected chi connectivity index (χ4v) is 4.86. The van der Waals surface area contributed by atoms with Gasteiger partial charge in [-0.1, -0.05) is 26.0 Å². The number of aromatic hydroxyl groups is 2. The van der Waals surface area contributed by atoms with E-state index in [1.54, 1.807) is 43.3 Å². The Morgan fingerprint density at radius 2 is 1.60 bits per heavy atom. The number of carboxylic acids is 2. The summed E-state index contributed by atoms with van der Waals surface area (Å²) in [5, 5.41) is 39.6. The maximum absolute atomic E-state index is 12.3. The first kappa shape index (κ1) is 23.8. The Bertz CT molecular complexity index is 1360. The number of phenols is 2. The largest absolute Gasteiger partial charge is 0.508 e. The van der Waals surface area contributed by atoms with Crippen molar-refractivity contribution in [2.45, 2.75) is 26.2 Å². The van der Waals surface area contributed by atoms with E-state index < -0.39 is 30.4 Å². The van der Waals surface area contributed by atoms with E-state index >= 15 is 0 Å². The van der Waals surface area contributed by atoms with Gasteiger partial charge in [0.25, 0.3) is 0 Å². The van der Waals surface area contributed by atoms with E-state index in [-0.39, 0.29) is 23.0 Å². The lowest BCUT2D eigenvalue weighted by Crippen LogP contribution is -2.34. The zero-order chi connectivity index (χ0) is 25.7. The van der Waals surface area contributed by atoms with Crippen LogP contribution in [0.5, 0.6) is 11.5 Å². The number of carboxylic acid groups (broad SMARTS) is 2. The summed E-state index contributed by atoms with van der Waals surface area (Å²) in [5.41, 5.74) is 4.78. The Kier molecular flexibility index (Phi) is 5.76. The van der Waals surface area contributed by atoms with Crippen molar-refractivity contribution >= 4 is 29.0 Å². The third kappa shape index (κ3) is 4.19. The normalized spacial score (nSPS) is 15.9. The third-order valence-electron chi connectivity index (χ3n) is 6.46. The molecule has 0 heterocycles. The van der Waals surface area contributed by atoms with Gasteiger partial charge >= 0.3 is 11.9 Å². The Morgan fingerprint density at radius 1 is 0.943 bits per heavy atom. The van der Waals surface area contributed by atoms with Crippen LogP contribution < -0.4 is 4.90 Å². The van der Waals surface area contributed by atoms with Crippen LogP contribution in [0.2, 0.25) is 0 Å². The number of rotatable bonds is 6. The van der Waals surface area contributed by atoms with Gasteiger partial charge in [-0.15, -0.1) is 0 Å². The Morgan fingerprint density at radius 3 is 2.23 bits per heavy atom. The number of carbonyl (C=O) groups is 3. The van der Waals surface area contributed by atoms with Crippen molar-refractivity contribution in [3.8, 4) is 11.5 Å². The summed E-state index contributed by atoms with van der Waals surface area (Å²) in [5.74, 6) is -2.79. The molecule has 0 saturated carbocycles. The highest BCUT2D eigenvalue weighted by Gasteiger charge is 2.38. The molecule has 2 aromatic carbocycles. The van der Waals surface area contributed by atoms with Gasteiger partial charge in [0.05, 0.1) is 5.69 Å². The molecule has 0 saturated heterocycles. The molecule has 0 fully saturated rings. The van der Waals surface area contributed by atoms with Crippen LogP contribution in [0.15, 0.2) is 59.7 Å². The molecule has 4 N–H and O–H groups in total. The number of nitrogens with zero attached hydrogens (tertiary/aromatic N) is 1. The van der Waals surface area contributed by atoms with E-state index in [9.17, 15) is 34.8 Å². The zero-order valence-corrected chi connectivity index (χ0v) is 19.5. The highest BCUT2D eigenvalue weighted by molar-refractivity contribution is 6.06. The van der Waals surface area contributed by atoms with Gasteiger partial charge in [0.2, 0.25) is 0 Å². The molecular weight excluding hydrogens is 450 g/mol. The second kappa shape index (κ2) is 8.47. The van der Waals surface area contributed by atoms with Gasteiger partial charge in [-0.3, -0.25) is 14.4 Å². The number of fused-ring (bicyclic) bond motifs is 2. The number of hydrogen-bond acceptors (Lipinski definition) is 6. The Hall–Kier alpha value is -4.33. The summed E-state index contributed by atoms with van der Waals surface area (Å²) >= 11 is 0. The average Bonchev–Trinajstić information content (AvgIpc) is 2.75. The number of benzene rings is 2. The monoisotopic (exact) mass is 475 g/mol. The average molecular weight is 475 g/mol. The second-order valence-electron chi connectivity index (χ2n) is 9.24. The fraction of sp³-hybridized carbons (Fsp3) is 0.222. The van der Waals surface area contributed by atoms with Gasteiger partial charge < -0.3 is 25.3 Å². The van der Waals surface area contributed by atoms with E-state index in [1.165, 1.54) is 12.1 Å². The van der Waals surface area contributed by atoms with E-state index in [2.05, 4.69) is 0 Å². The van der Waals surface area contributed by atoms with Gasteiger partial charge in [0, 0.05) is 5.41 Å². The minimum Gasteiger partial charge on any atom is -0.508 e. The number of hydrogen-bond donors (Lipinski definition) is 4. The van der Waals surface area contributed by atoms with Crippen LogP contribution in [0.3, 0.4) is 0 Å². The Balaban J connectivity index is 1.97. The maximum atomic E-state index is 12.3. The standard InChI is InChI=1S/C27H25NO7/c1-14-8-22(28(12-24(32)33)13-25(34)35)23(31)11-19(14)26-17-6-4-15(29)9-20(17)27(2,3)21-10-16(30)5-7-18(21)26/h4-11,29,31H,12-13H2,1-3H3,(H,32,33)(H,34,35). The fourth-order valence-electron chi connectivity index (χ4n) is 4.86. The van der Waals surface area contributed by atoms with Crippen molar-refractivity contribution in [3.63, 3.8) is 0 Å². The number of carbonyl (C=O) groups excluding carboxylic acids is 1. The lowest BCUT2D eigenvalue weighted by Gasteiger charge is -2.39. The Labute approximate surface area is 201 Å². The van der Waals surface area contributed by atoms with Gasteiger partial charge in [-0.25, -0.2) is 0 Å². The number of anilines is 1. The number of aliphatic carboxylic acids is 2. The second-order valence-corrected chi connectivity index (χ2v) is 9.24. The minimum absolute atomic E-state index is 0.0887. The smallest absolute Gasteiger partial charge is 0.323 e. The number of aryl methyl sites for hydroxylation is 1. The molecule has 2 aromatic rings. The molecule has 2 aliphatic rings. The van der Waals surface area contributed by atoms with Gasteiger partial charge in [0.15, 0.2) is 5.78 Å². The molecule has 0 unspecified atom stereocenters. The van der Waals surface area contributed by atoms with Crippen molar-refractivity contribution in [3.05, 3.63) is 82.0 Å². The van der Waals surface area contributed by atoms with Crippen LogP contribution in [0.25, 0.3) is 5.57 Å². The minimum atomic E-state index is -1.23. The predicted molar refractivity (Wildman–Crippen MR) is 130 cm³/mol. The molecule has 4 rings (SSSR count). The van der Waals surface area contributed by atoms with E-state index in [0.717, 1.165) is 32.7 Å². The first-order chi connectivity index (χ1) is 16.4. The SMILES string of the molecule is Cc1cc(N(CC(=O)O)CC(=O)O)c(O)cc1C1=C2C=CC(=O)C=C2C(C)(C)c2cc(O)ccc21. The molecule has 0 amide bonds. The van der Waals surface area contributed by atoms with Crippen molar-refractivity contribution < 1.29 is 34.8 Å². The molecule has 0 atom stereocenters. The summed E-state index contributed by atoms with van der Waals surface area (Å²) < 4.78 is 0. The topological polar surface area (TPSA) is 135 Å². The molecule has 0 radical (unpaired) electrons. The van der Waals surface area contributed by atoms with E-state index in [0.29, 0.717) is 11.1 Å². The third-order valence-corrected chi connectivity index (χ3v) is 6.46. The van der Waals surface area contributed by atoms with Crippen LogP contribution in [-0.2, 0) is 19.8 Å². The molecule has 0 bridgehead atoms. The molecular formula is C27H25NO7. The van der Waals surface area contributed by atoms with E-state index in [1.807, 2.05) is 13.8 Å². The summed E-state index contributed by atoms with van der Waals surface area (Å²) in [6, 6.07) is 8.08. The lowest BCUT2D eigenvalue weighted by atomic mass is 9.64. The molecule has 0 aromatic heterocycles. The lowest BCUT2D eigenvalue weighted by molar-refractivity contribution is -0.136. The van der Waals surface area contributed by atoms with Crippen LogP contribution >= 0.6 is 0 Å². The van der Waals surface area contributed by atoms with Gasteiger partial charge in [0.1, 0.15) is 24.6 Å². The molecule has 180 valence electrons. The van der Waals surface area contributed by atoms with Crippen LogP contribution in [0.4, 0.5) is 5.69 Å². The molecule has 2 aliphatic carbocycles. The van der Waals surface area contributed by atoms with Crippen LogP contribution in [-0.4, -0.2) is 51.2 Å². The summed E-state index contributed by atoms with van der Waals surface area (Å²) in [4.78, 5) is 35.9. The molecule has 35 heavy (non-hydrogen) atoms. The zero-order valence-electron chi connectivity index (χ0n) is 19.5. The first-order valence-corrected chi connectivity index (χ1v) is 11.0. The maximum Gasteiger partial charge on any atom is 0.323 e. The predicted octanol–water partition coefficient (Wildman–Crippen LogP) is 3.54.